The van der Waals surface area contributed by atoms with Gasteiger partial charge in [0.05, 0.1) is 26.2 Å². The molecule has 29 heavy (non-hydrogen) atoms. The standard InChI is InChI=1S/C20H26N2O6S/c1-14-10-18(26-4)19(27-5)12-16(14)13-21(2)20(23)15-8-7-9-17(11-15)29(24,25)22(3)28-6/h7-12H,13H2,1-6H3. The molecule has 0 saturated heterocycles. The lowest BCUT2D eigenvalue weighted by Gasteiger charge is -2.21. The molecule has 0 spiro atoms. The van der Waals surface area contributed by atoms with Gasteiger partial charge >= 0.3 is 0 Å². The molecule has 0 radical (unpaired) electrons. The van der Waals surface area contributed by atoms with Crippen molar-refractivity contribution in [2.24, 2.45) is 0 Å². The van der Waals surface area contributed by atoms with Crippen molar-refractivity contribution in [3.8, 4) is 11.5 Å². The molecule has 2 aromatic carbocycles. The molecule has 0 N–H and O–H groups in total. The van der Waals surface area contributed by atoms with Crippen LogP contribution >= 0.6 is 0 Å². The first-order chi connectivity index (χ1) is 13.6. The van der Waals surface area contributed by atoms with E-state index in [-0.39, 0.29) is 16.4 Å². The highest BCUT2D eigenvalue weighted by Crippen LogP contribution is 2.31. The minimum absolute atomic E-state index is 0.0246. The average Bonchev–Trinajstić information content (AvgIpc) is 2.73. The van der Waals surface area contributed by atoms with Crippen molar-refractivity contribution in [2.75, 3.05) is 35.4 Å². The molecule has 0 bridgehead atoms. The zero-order valence-electron chi connectivity index (χ0n) is 17.4. The van der Waals surface area contributed by atoms with Crippen molar-refractivity contribution in [1.29, 1.82) is 0 Å². The summed E-state index contributed by atoms with van der Waals surface area (Å²) in [6.45, 7) is 2.24. The smallest absolute Gasteiger partial charge is 0.264 e. The predicted molar refractivity (Wildman–Crippen MR) is 108 cm³/mol. The van der Waals surface area contributed by atoms with Crippen LogP contribution in [0.25, 0.3) is 0 Å². The molecule has 9 heteroatoms. The number of benzene rings is 2. The van der Waals surface area contributed by atoms with Gasteiger partial charge in [0.15, 0.2) is 11.5 Å². The SMILES string of the molecule is COc1cc(C)c(CN(C)C(=O)c2cccc(S(=O)(=O)N(C)OC)c2)cc1OC. The van der Waals surface area contributed by atoms with Crippen LogP contribution in [0.1, 0.15) is 21.5 Å². The number of hydrogen-bond donors (Lipinski definition) is 0. The van der Waals surface area contributed by atoms with Crippen LogP contribution in [0.2, 0.25) is 0 Å². The number of hydrogen-bond acceptors (Lipinski definition) is 6. The number of nitrogens with zero attached hydrogens (tertiary/aromatic N) is 2. The topological polar surface area (TPSA) is 85.4 Å². The van der Waals surface area contributed by atoms with Gasteiger partial charge in [-0.1, -0.05) is 10.5 Å². The van der Waals surface area contributed by atoms with Gasteiger partial charge in [0.1, 0.15) is 0 Å². The normalized spacial score (nSPS) is 11.4. The molecule has 0 unspecified atom stereocenters. The zero-order valence-corrected chi connectivity index (χ0v) is 18.2. The number of amides is 1. The van der Waals surface area contributed by atoms with Crippen LogP contribution in [0.5, 0.6) is 11.5 Å². The third-order valence-corrected chi connectivity index (χ3v) is 6.25. The highest BCUT2D eigenvalue weighted by atomic mass is 32.2. The van der Waals surface area contributed by atoms with Crippen LogP contribution in [-0.4, -0.2) is 59.1 Å². The Morgan fingerprint density at radius 1 is 1.00 bits per heavy atom. The van der Waals surface area contributed by atoms with Gasteiger partial charge in [-0.15, -0.1) is 0 Å². The highest BCUT2D eigenvalue weighted by molar-refractivity contribution is 7.89. The summed E-state index contributed by atoms with van der Waals surface area (Å²) >= 11 is 0. The van der Waals surface area contributed by atoms with Crippen LogP contribution in [0, 0.1) is 6.92 Å². The Bertz CT molecular complexity index is 990. The van der Waals surface area contributed by atoms with E-state index in [1.165, 1.54) is 37.3 Å². The molecule has 2 aromatic rings. The van der Waals surface area contributed by atoms with Gasteiger partial charge in [0.2, 0.25) is 0 Å². The Balaban J connectivity index is 2.29. The highest BCUT2D eigenvalue weighted by Gasteiger charge is 2.23. The summed E-state index contributed by atoms with van der Waals surface area (Å²) < 4.78 is 36.2. The Morgan fingerprint density at radius 3 is 2.21 bits per heavy atom. The van der Waals surface area contributed by atoms with Crippen molar-refractivity contribution in [2.45, 2.75) is 18.4 Å². The monoisotopic (exact) mass is 422 g/mol. The maximum absolute atomic E-state index is 12.9. The number of rotatable bonds is 8. The third-order valence-electron chi connectivity index (χ3n) is 4.57. The number of carbonyl (C=O) groups excluding carboxylic acids is 1. The Labute approximate surface area is 171 Å². The fourth-order valence-electron chi connectivity index (χ4n) is 2.78. The number of carbonyl (C=O) groups is 1. The fraction of sp³-hybridized carbons (Fsp3) is 0.350. The number of methoxy groups -OCH3 is 2. The maximum Gasteiger partial charge on any atom is 0.264 e. The Morgan fingerprint density at radius 2 is 1.62 bits per heavy atom. The van der Waals surface area contributed by atoms with Gasteiger partial charge in [0.25, 0.3) is 15.9 Å². The Kier molecular flexibility index (Phi) is 7.23. The van der Waals surface area contributed by atoms with Gasteiger partial charge in [-0.2, -0.15) is 0 Å². The van der Waals surface area contributed by atoms with Gasteiger partial charge in [-0.25, -0.2) is 8.42 Å². The molecule has 0 aromatic heterocycles. The lowest BCUT2D eigenvalue weighted by molar-refractivity contribution is -0.0258. The molecule has 0 heterocycles. The van der Waals surface area contributed by atoms with Crippen LogP contribution in [0.3, 0.4) is 0 Å². The molecule has 0 aliphatic heterocycles. The molecule has 0 atom stereocenters. The minimum Gasteiger partial charge on any atom is -0.493 e. The average molecular weight is 423 g/mol. The number of hydroxylamine groups is 1. The second-order valence-corrected chi connectivity index (χ2v) is 8.36. The first-order valence-electron chi connectivity index (χ1n) is 8.75. The number of aryl methyl sites for hydroxylation is 1. The summed E-state index contributed by atoms with van der Waals surface area (Å²) in [6, 6.07) is 9.53. The largest absolute Gasteiger partial charge is 0.493 e. The molecular formula is C20H26N2O6S. The van der Waals surface area contributed by atoms with Crippen LogP contribution in [0.15, 0.2) is 41.3 Å². The molecule has 0 saturated carbocycles. The quantitative estimate of drug-likeness (QED) is 0.608. The molecule has 0 fully saturated rings. The summed E-state index contributed by atoms with van der Waals surface area (Å²) in [7, 11) is 3.47. The van der Waals surface area contributed by atoms with Gasteiger partial charge in [-0.3, -0.25) is 9.63 Å². The van der Waals surface area contributed by atoms with E-state index in [1.54, 1.807) is 27.3 Å². The fourth-order valence-corrected chi connectivity index (χ4v) is 3.80. The zero-order chi connectivity index (χ0) is 21.8. The van der Waals surface area contributed by atoms with Crippen molar-refractivity contribution < 1.29 is 27.5 Å². The molecule has 1 amide bonds. The van der Waals surface area contributed by atoms with E-state index >= 15 is 0 Å². The van der Waals surface area contributed by atoms with E-state index in [1.807, 2.05) is 19.1 Å². The lowest BCUT2D eigenvalue weighted by atomic mass is 10.1. The number of sulfonamides is 1. The summed E-state index contributed by atoms with van der Waals surface area (Å²) in [5, 5.41) is 0. The van der Waals surface area contributed by atoms with E-state index in [9.17, 15) is 13.2 Å². The second kappa shape index (κ2) is 9.25. The summed E-state index contributed by atoms with van der Waals surface area (Å²) in [4.78, 5) is 19.2. The first-order valence-corrected chi connectivity index (χ1v) is 10.2. The van der Waals surface area contributed by atoms with Crippen molar-refractivity contribution in [1.82, 2.24) is 9.37 Å². The molecule has 8 nitrogen and oxygen atoms in total. The van der Waals surface area contributed by atoms with Crippen LogP contribution in [0.4, 0.5) is 0 Å². The van der Waals surface area contributed by atoms with E-state index in [0.29, 0.717) is 18.0 Å². The second-order valence-electron chi connectivity index (χ2n) is 6.42. The maximum atomic E-state index is 12.9. The number of ether oxygens (including phenoxy) is 2. The molecule has 0 aliphatic carbocycles. The molecule has 2 rings (SSSR count). The van der Waals surface area contributed by atoms with Gasteiger partial charge in [-0.05, 0) is 48.4 Å². The lowest BCUT2D eigenvalue weighted by Crippen LogP contribution is -2.28. The van der Waals surface area contributed by atoms with Crippen LogP contribution in [-0.2, 0) is 21.4 Å². The molecule has 0 aliphatic rings. The van der Waals surface area contributed by atoms with Crippen molar-refractivity contribution in [3.05, 3.63) is 53.1 Å². The minimum atomic E-state index is -3.84. The summed E-state index contributed by atoms with van der Waals surface area (Å²) in [5.74, 6) is 0.879. The Hall–Kier alpha value is -2.62. The van der Waals surface area contributed by atoms with E-state index in [4.69, 9.17) is 14.3 Å². The van der Waals surface area contributed by atoms with E-state index < -0.39 is 10.0 Å². The van der Waals surface area contributed by atoms with Gasteiger partial charge < -0.3 is 14.4 Å². The molecular weight excluding hydrogens is 396 g/mol. The third kappa shape index (κ3) is 4.87. The molecule has 158 valence electrons. The van der Waals surface area contributed by atoms with E-state index in [2.05, 4.69) is 0 Å². The first kappa shape index (κ1) is 22.7. The van der Waals surface area contributed by atoms with Crippen molar-refractivity contribution in [3.63, 3.8) is 0 Å². The predicted octanol–water partition coefficient (Wildman–Crippen LogP) is 2.47. The summed E-state index contributed by atoms with van der Waals surface area (Å²) in [6.07, 6.45) is 0. The van der Waals surface area contributed by atoms with Crippen molar-refractivity contribution >= 4 is 15.9 Å². The van der Waals surface area contributed by atoms with Gasteiger partial charge in [0, 0.05) is 26.2 Å². The van der Waals surface area contributed by atoms with Crippen LogP contribution < -0.4 is 9.47 Å². The van der Waals surface area contributed by atoms with E-state index in [0.717, 1.165) is 15.6 Å². The summed E-state index contributed by atoms with van der Waals surface area (Å²) in [5.41, 5.74) is 2.10.